The summed E-state index contributed by atoms with van der Waals surface area (Å²) in [4.78, 5) is 5.07. The van der Waals surface area contributed by atoms with Crippen LogP contribution in [0.15, 0.2) is 18.2 Å². The first kappa shape index (κ1) is 12.9. The molecule has 104 valence electrons. The summed E-state index contributed by atoms with van der Waals surface area (Å²) in [7, 11) is 2.27. The maximum absolute atomic E-state index is 9.98. The quantitative estimate of drug-likeness (QED) is 0.884. The van der Waals surface area contributed by atoms with E-state index in [4.69, 9.17) is 0 Å². The Morgan fingerprint density at radius 3 is 2.84 bits per heavy atom. The van der Waals surface area contributed by atoms with Crippen molar-refractivity contribution in [3.05, 3.63) is 29.3 Å². The molecule has 0 saturated carbocycles. The molecule has 2 aliphatic heterocycles. The smallest absolute Gasteiger partial charge is 0.120 e. The Hall–Kier alpha value is -1.06. The fraction of sp³-hybridized carbons (Fsp3) is 0.625. The number of rotatable bonds is 2. The van der Waals surface area contributed by atoms with Crippen molar-refractivity contribution in [3.63, 3.8) is 0 Å². The molecule has 3 rings (SSSR count). The predicted molar refractivity (Wildman–Crippen MR) is 77.3 cm³/mol. The van der Waals surface area contributed by atoms with E-state index in [2.05, 4.69) is 29.8 Å². The number of aromatic hydroxyl groups is 1. The second kappa shape index (κ2) is 5.14. The number of phenolic OH excluding ortho intramolecular Hbond substituents is 1. The van der Waals surface area contributed by atoms with E-state index < -0.39 is 0 Å². The molecule has 2 unspecified atom stereocenters. The average Bonchev–Trinajstić information content (AvgIpc) is 2.62. The lowest BCUT2D eigenvalue weighted by molar-refractivity contribution is 0.213. The number of fused-ring (bicyclic) bond motifs is 2. The number of benzene rings is 1. The van der Waals surface area contributed by atoms with Gasteiger partial charge in [0, 0.05) is 37.3 Å². The van der Waals surface area contributed by atoms with Gasteiger partial charge < -0.3 is 5.11 Å². The van der Waals surface area contributed by atoms with Crippen LogP contribution in [0.25, 0.3) is 0 Å². The zero-order valence-corrected chi connectivity index (χ0v) is 12.0. The molecule has 0 aromatic heterocycles. The molecule has 2 aliphatic rings. The van der Waals surface area contributed by atoms with Crippen molar-refractivity contribution >= 4 is 0 Å². The SMILES string of the molecule is Cc1ccc(O)c(CN2CCC3CCC(C2)N3C)c1. The summed E-state index contributed by atoms with van der Waals surface area (Å²) >= 11 is 0. The van der Waals surface area contributed by atoms with Crippen LogP contribution in [0.3, 0.4) is 0 Å². The molecule has 1 N–H and O–H groups in total. The van der Waals surface area contributed by atoms with Crippen LogP contribution < -0.4 is 0 Å². The number of hydrogen-bond acceptors (Lipinski definition) is 3. The Morgan fingerprint density at radius 2 is 2.00 bits per heavy atom. The van der Waals surface area contributed by atoms with Crippen LogP contribution in [-0.4, -0.2) is 47.1 Å². The van der Waals surface area contributed by atoms with Gasteiger partial charge in [-0.3, -0.25) is 9.80 Å². The minimum absolute atomic E-state index is 0.438. The monoisotopic (exact) mass is 260 g/mol. The summed E-state index contributed by atoms with van der Waals surface area (Å²) < 4.78 is 0. The first-order valence-corrected chi connectivity index (χ1v) is 7.36. The topological polar surface area (TPSA) is 26.7 Å². The Morgan fingerprint density at radius 1 is 1.21 bits per heavy atom. The lowest BCUT2D eigenvalue weighted by Crippen LogP contribution is -2.36. The van der Waals surface area contributed by atoms with Gasteiger partial charge in [0.15, 0.2) is 0 Å². The van der Waals surface area contributed by atoms with Crippen molar-refractivity contribution in [1.29, 1.82) is 0 Å². The second-order valence-electron chi connectivity index (χ2n) is 6.21. The molecule has 0 radical (unpaired) electrons. The van der Waals surface area contributed by atoms with Gasteiger partial charge >= 0.3 is 0 Å². The van der Waals surface area contributed by atoms with E-state index in [-0.39, 0.29) is 0 Å². The summed E-state index contributed by atoms with van der Waals surface area (Å²) in [5.74, 6) is 0.438. The summed E-state index contributed by atoms with van der Waals surface area (Å²) in [5.41, 5.74) is 2.29. The predicted octanol–water partition coefficient (Wildman–Crippen LogP) is 2.37. The van der Waals surface area contributed by atoms with Crippen molar-refractivity contribution in [1.82, 2.24) is 9.80 Å². The van der Waals surface area contributed by atoms with E-state index in [9.17, 15) is 5.11 Å². The highest BCUT2D eigenvalue weighted by atomic mass is 16.3. The third-order valence-corrected chi connectivity index (χ3v) is 4.86. The van der Waals surface area contributed by atoms with Gasteiger partial charge in [-0.25, -0.2) is 0 Å². The van der Waals surface area contributed by atoms with Crippen LogP contribution in [0.2, 0.25) is 0 Å². The van der Waals surface area contributed by atoms with Gasteiger partial charge in [0.05, 0.1) is 0 Å². The number of hydrogen-bond donors (Lipinski definition) is 1. The fourth-order valence-electron chi connectivity index (χ4n) is 3.60. The van der Waals surface area contributed by atoms with Crippen molar-refractivity contribution in [2.75, 3.05) is 20.1 Å². The van der Waals surface area contributed by atoms with Crippen LogP contribution in [0.4, 0.5) is 0 Å². The molecule has 3 nitrogen and oxygen atoms in total. The van der Waals surface area contributed by atoms with Crippen LogP contribution in [0.5, 0.6) is 5.75 Å². The summed E-state index contributed by atoms with van der Waals surface area (Å²) in [6.45, 7) is 5.25. The maximum Gasteiger partial charge on any atom is 0.120 e. The third-order valence-electron chi connectivity index (χ3n) is 4.86. The first-order chi connectivity index (χ1) is 9.13. The molecular weight excluding hydrogens is 236 g/mol. The third kappa shape index (κ3) is 2.63. The molecule has 0 amide bonds. The zero-order valence-electron chi connectivity index (χ0n) is 12.0. The molecule has 0 spiro atoms. The number of likely N-dealkylation sites (tertiary alicyclic amines) is 1. The normalized spacial score (nSPS) is 28.5. The van der Waals surface area contributed by atoms with E-state index >= 15 is 0 Å². The highest BCUT2D eigenvalue weighted by molar-refractivity contribution is 5.35. The van der Waals surface area contributed by atoms with E-state index in [1.807, 2.05) is 12.1 Å². The second-order valence-corrected chi connectivity index (χ2v) is 6.21. The molecule has 3 heteroatoms. The first-order valence-electron chi connectivity index (χ1n) is 7.36. The van der Waals surface area contributed by atoms with Crippen molar-refractivity contribution in [3.8, 4) is 5.75 Å². The number of phenols is 1. The molecule has 2 atom stereocenters. The lowest BCUT2D eigenvalue weighted by Gasteiger charge is -2.26. The molecule has 2 bridgehead atoms. The molecular formula is C16H24N2O. The van der Waals surface area contributed by atoms with E-state index in [0.29, 0.717) is 11.8 Å². The van der Waals surface area contributed by atoms with Gasteiger partial charge in [0.2, 0.25) is 0 Å². The Balaban J connectivity index is 1.72. The van der Waals surface area contributed by atoms with Crippen LogP contribution in [-0.2, 0) is 6.54 Å². The molecule has 2 fully saturated rings. The highest BCUT2D eigenvalue weighted by Crippen LogP contribution is 2.30. The summed E-state index contributed by atoms with van der Waals surface area (Å²) in [5, 5.41) is 9.98. The van der Waals surface area contributed by atoms with E-state index in [0.717, 1.165) is 31.2 Å². The molecule has 1 aromatic carbocycles. The molecule has 2 heterocycles. The zero-order chi connectivity index (χ0) is 13.4. The maximum atomic E-state index is 9.98. The van der Waals surface area contributed by atoms with Crippen molar-refractivity contribution < 1.29 is 5.11 Å². The van der Waals surface area contributed by atoms with Gasteiger partial charge in [-0.05, 0) is 39.3 Å². The van der Waals surface area contributed by atoms with Crippen LogP contribution in [0, 0.1) is 6.92 Å². The van der Waals surface area contributed by atoms with E-state index in [1.54, 1.807) is 0 Å². The molecule has 0 aliphatic carbocycles. The molecule has 2 saturated heterocycles. The Labute approximate surface area is 115 Å². The van der Waals surface area contributed by atoms with Crippen molar-refractivity contribution in [2.45, 2.75) is 44.8 Å². The highest BCUT2D eigenvalue weighted by Gasteiger charge is 2.34. The summed E-state index contributed by atoms with van der Waals surface area (Å²) in [6.07, 6.45) is 3.96. The average molecular weight is 260 g/mol. The number of nitrogens with zero attached hydrogens (tertiary/aromatic N) is 2. The Kier molecular flexibility index (Phi) is 3.50. The Bertz CT molecular complexity index is 460. The largest absolute Gasteiger partial charge is 0.508 e. The minimum Gasteiger partial charge on any atom is -0.508 e. The van der Waals surface area contributed by atoms with E-state index in [1.165, 1.54) is 24.8 Å². The molecule has 1 aromatic rings. The van der Waals surface area contributed by atoms with Gasteiger partial charge in [0.1, 0.15) is 5.75 Å². The van der Waals surface area contributed by atoms with Crippen molar-refractivity contribution in [2.24, 2.45) is 0 Å². The standard InChI is InChI=1S/C16H24N2O/c1-12-3-6-16(19)13(9-12)10-18-8-7-14-4-5-15(11-18)17(14)2/h3,6,9,14-15,19H,4-5,7-8,10-11H2,1-2H3. The van der Waals surface area contributed by atoms with Crippen LogP contribution in [0.1, 0.15) is 30.4 Å². The van der Waals surface area contributed by atoms with Gasteiger partial charge in [-0.15, -0.1) is 0 Å². The number of aryl methyl sites for hydroxylation is 1. The van der Waals surface area contributed by atoms with Gasteiger partial charge in [-0.2, -0.15) is 0 Å². The number of likely N-dealkylation sites (N-methyl/N-ethyl adjacent to an activating group) is 1. The van der Waals surface area contributed by atoms with Gasteiger partial charge in [0.25, 0.3) is 0 Å². The lowest BCUT2D eigenvalue weighted by atomic mass is 10.1. The summed E-state index contributed by atoms with van der Waals surface area (Å²) in [6, 6.07) is 7.39. The minimum atomic E-state index is 0.438. The van der Waals surface area contributed by atoms with Gasteiger partial charge in [-0.1, -0.05) is 17.7 Å². The fourth-order valence-corrected chi connectivity index (χ4v) is 3.60. The van der Waals surface area contributed by atoms with Crippen LogP contribution >= 0.6 is 0 Å². The molecule has 19 heavy (non-hydrogen) atoms.